The summed E-state index contributed by atoms with van der Waals surface area (Å²) in [5.74, 6) is 1.13. The summed E-state index contributed by atoms with van der Waals surface area (Å²) in [6.45, 7) is 2.15. The molecule has 0 unspecified atom stereocenters. The molecular weight excluding hydrogens is 390 g/mol. The summed E-state index contributed by atoms with van der Waals surface area (Å²) in [4.78, 5) is 33.5. The van der Waals surface area contributed by atoms with Crippen LogP contribution in [0.2, 0.25) is 0 Å². The fourth-order valence-corrected chi connectivity index (χ4v) is 4.36. The highest BCUT2D eigenvalue weighted by atomic mass is 32.1. The molecule has 29 heavy (non-hydrogen) atoms. The zero-order valence-corrected chi connectivity index (χ0v) is 16.4. The van der Waals surface area contributed by atoms with Crippen LogP contribution in [0.3, 0.4) is 0 Å². The molecule has 7 nitrogen and oxygen atoms in total. The number of carbonyl (C=O) groups excluding carboxylic acids is 2. The third kappa shape index (κ3) is 3.40. The van der Waals surface area contributed by atoms with E-state index in [1.54, 1.807) is 21.4 Å². The van der Waals surface area contributed by atoms with E-state index in [0.717, 1.165) is 10.2 Å². The van der Waals surface area contributed by atoms with Gasteiger partial charge in [-0.3, -0.25) is 9.59 Å². The smallest absolute Gasteiger partial charge is 0.267 e. The molecule has 2 aliphatic heterocycles. The van der Waals surface area contributed by atoms with Gasteiger partial charge in [-0.25, -0.2) is 4.98 Å². The minimum Gasteiger partial charge on any atom is -0.485 e. The molecule has 2 aliphatic rings. The van der Waals surface area contributed by atoms with Crippen LogP contribution < -0.4 is 9.47 Å². The number of fused-ring (bicyclic) bond motifs is 2. The Hall–Kier alpha value is -3.13. The van der Waals surface area contributed by atoms with Crippen molar-refractivity contribution in [2.45, 2.75) is 6.10 Å². The molecule has 0 aliphatic carbocycles. The molecule has 0 radical (unpaired) electrons. The first-order valence-corrected chi connectivity index (χ1v) is 10.4. The van der Waals surface area contributed by atoms with Crippen molar-refractivity contribution in [2.75, 3.05) is 32.8 Å². The van der Waals surface area contributed by atoms with Crippen LogP contribution in [0, 0.1) is 0 Å². The van der Waals surface area contributed by atoms with Crippen molar-refractivity contribution in [3.8, 4) is 11.5 Å². The molecule has 0 bridgehead atoms. The van der Waals surface area contributed by atoms with E-state index in [4.69, 9.17) is 9.47 Å². The molecular formula is C21H19N3O4S. The zero-order valence-electron chi connectivity index (χ0n) is 15.6. The van der Waals surface area contributed by atoms with Gasteiger partial charge in [0.1, 0.15) is 6.61 Å². The van der Waals surface area contributed by atoms with Gasteiger partial charge in [-0.15, -0.1) is 11.3 Å². The number of rotatable bonds is 2. The lowest BCUT2D eigenvalue weighted by atomic mass is 10.1. The molecule has 1 fully saturated rings. The van der Waals surface area contributed by atoms with Gasteiger partial charge in [0.25, 0.3) is 11.8 Å². The molecule has 1 aromatic heterocycles. The molecule has 1 saturated heterocycles. The number of nitrogens with zero attached hydrogens (tertiary/aromatic N) is 3. The maximum Gasteiger partial charge on any atom is 0.267 e. The second-order valence-electron chi connectivity index (χ2n) is 7.02. The third-order valence-electron chi connectivity index (χ3n) is 5.24. The molecule has 5 rings (SSSR count). The number of carbonyl (C=O) groups is 2. The topological polar surface area (TPSA) is 72.0 Å². The van der Waals surface area contributed by atoms with Crippen LogP contribution in [0.25, 0.3) is 10.2 Å². The van der Waals surface area contributed by atoms with Crippen molar-refractivity contribution in [1.82, 2.24) is 14.8 Å². The average molecular weight is 409 g/mol. The SMILES string of the molecule is O=C(c1ccc2ncsc2c1)N1CCN(C(=O)[C@H]2COc3ccccc3O2)CC1. The number of benzene rings is 2. The first-order valence-electron chi connectivity index (χ1n) is 9.49. The Morgan fingerprint density at radius 2 is 1.76 bits per heavy atom. The van der Waals surface area contributed by atoms with Gasteiger partial charge in [0.2, 0.25) is 6.10 Å². The molecule has 8 heteroatoms. The summed E-state index contributed by atoms with van der Waals surface area (Å²) in [6.07, 6.45) is -0.652. The van der Waals surface area contributed by atoms with Gasteiger partial charge in [-0.05, 0) is 30.3 Å². The van der Waals surface area contributed by atoms with E-state index in [-0.39, 0.29) is 18.4 Å². The molecule has 0 spiro atoms. The number of piperazine rings is 1. The van der Waals surface area contributed by atoms with E-state index in [0.29, 0.717) is 43.2 Å². The largest absolute Gasteiger partial charge is 0.485 e. The molecule has 0 saturated carbocycles. The summed E-state index contributed by atoms with van der Waals surface area (Å²) in [5, 5.41) is 0. The molecule has 0 N–H and O–H groups in total. The van der Waals surface area contributed by atoms with E-state index < -0.39 is 6.10 Å². The summed E-state index contributed by atoms with van der Waals surface area (Å²) in [5.41, 5.74) is 3.33. The minimum absolute atomic E-state index is 0.0152. The minimum atomic E-state index is -0.652. The van der Waals surface area contributed by atoms with Gasteiger partial charge < -0.3 is 19.3 Å². The lowest BCUT2D eigenvalue weighted by molar-refractivity contribution is -0.142. The fraction of sp³-hybridized carbons (Fsp3) is 0.286. The van der Waals surface area contributed by atoms with Gasteiger partial charge in [0, 0.05) is 31.7 Å². The first-order chi connectivity index (χ1) is 14.2. The number of amides is 2. The number of hydrogen-bond acceptors (Lipinski definition) is 6. The summed E-state index contributed by atoms with van der Waals surface area (Å²) >= 11 is 1.52. The normalized spacial score (nSPS) is 18.7. The number of ether oxygens (including phenoxy) is 2. The van der Waals surface area contributed by atoms with Gasteiger partial charge in [0.15, 0.2) is 11.5 Å². The molecule has 2 amide bonds. The molecule has 3 aromatic rings. The second kappa shape index (κ2) is 7.36. The Bertz CT molecular complexity index is 1070. The lowest BCUT2D eigenvalue weighted by Crippen LogP contribution is -2.55. The van der Waals surface area contributed by atoms with Gasteiger partial charge in [-0.2, -0.15) is 0 Å². The van der Waals surface area contributed by atoms with Gasteiger partial charge >= 0.3 is 0 Å². The van der Waals surface area contributed by atoms with Crippen LogP contribution in [0.1, 0.15) is 10.4 Å². The highest BCUT2D eigenvalue weighted by molar-refractivity contribution is 7.16. The van der Waals surface area contributed by atoms with Crippen LogP contribution >= 0.6 is 11.3 Å². The maximum absolute atomic E-state index is 12.8. The summed E-state index contributed by atoms with van der Waals surface area (Å²) < 4.78 is 12.5. The number of thiazole rings is 1. The van der Waals surface area contributed by atoms with E-state index in [1.165, 1.54) is 11.3 Å². The van der Waals surface area contributed by atoms with Gasteiger partial charge in [0.05, 0.1) is 15.7 Å². The molecule has 2 aromatic carbocycles. The number of hydrogen-bond donors (Lipinski definition) is 0. The average Bonchev–Trinajstić information content (AvgIpc) is 3.26. The Labute approximate surface area is 171 Å². The van der Waals surface area contributed by atoms with E-state index in [1.807, 2.05) is 36.4 Å². The first kappa shape index (κ1) is 17.9. The number of aromatic nitrogens is 1. The summed E-state index contributed by atoms with van der Waals surface area (Å²) in [6, 6.07) is 12.9. The standard InChI is InChI=1S/C21H19N3O4S/c25-20(14-5-6-15-19(11-14)29-13-22-15)23-7-9-24(10-8-23)21(26)18-12-27-16-3-1-2-4-17(16)28-18/h1-6,11,13,18H,7-10,12H2/t18-/m1/s1. The van der Waals surface area contributed by atoms with E-state index >= 15 is 0 Å². The van der Waals surface area contributed by atoms with Crippen LogP contribution in [0.5, 0.6) is 11.5 Å². The van der Waals surface area contributed by atoms with Crippen LogP contribution in [0.15, 0.2) is 48.0 Å². The monoisotopic (exact) mass is 409 g/mol. The quantitative estimate of drug-likeness (QED) is 0.650. The second-order valence-corrected chi connectivity index (χ2v) is 7.90. The molecule has 148 valence electrons. The van der Waals surface area contributed by atoms with Crippen molar-refractivity contribution in [2.24, 2.45) is 0 Å². The predicted molar refractivity (Wildman–Crippen MR) is 108 cm³/mol. The van der Waals surface area contributed by atoms with E-state index in [9.17, 15) is 9.59 Å². The van der Waals surface area contributed by atoms with Crippen LogP contribution in [-0.2, 0) is 4.79 Å². The highest BCUT2D eigenvalue weighted by Gasteiger charge is 2.33. The molecule has 1 atom stereocenters. The Morgan fingerprint density at radius 1 is 1.00 bits per heavy atom. The lowest BCUT2D eigenvalue weighted by Gasteiger charge is -2.37. The third-order valence-corrected chi connectivity index (χ3v) is 6.03. The van der Waals surface area contributed by atoms with Crippen LogP contribution in [-0.4, -0.2) is 65.5 Å². The Balaban J connectivity index is 1.21. The summed E-state index contributed by atoms with van der Waals surface area (Å²) in [7, 11) is 0. The Kier molecular flexibility index (Phi) is 4.55. The van der Waals surface area contributed by atoms with E-state index in [2.05, 4.69) is 4.98 Å². The fourth-order valence-electron chi connectivity index (χ4n) is 3.65. The van der Waals surface area contributed by atoms with Crippen molar-refractivity contribution < 1.29 is 19.1 Å². The van der Waals surface area contributed by atoms with Crippen molar-refractivity contribution in [3.05, 3.63) is 53.5 Å². The maximum atomic E-state index is 12.8. The van der Waals surface area contributed by atoms with Crippen molar-refractivity contribution in [3.63, 3.8) is 0 Å². The van der Waals surface area contributed by atoms with Crippen LogP contribution in [0.4, 0.5) is 0 Å². The van der Waals surface area contributed by atoms with Gasteiger partial charge in [-0.1, -0.05) is 12.1 Å². The van der Waals surface area contributed by atoms with Crippen molar-refractivity contribution in [1.29, 1.82) is 0 Å². The van der Waals surface area contributed by atoms with Crippen molar-refractivity contribution >= 4 is 33.4 Å². The predicted octanol–water partition coefficient (Wildman–Crippen LogP) is 2.42. The zero-order chi connectivity index (χ0) is 19.8. The molecule has 3 heterocycles. The number of para-hydroxylation sites is 2. The Morgan fingerprint density at radius 3 is 2.59 bits per heavy atom. The highest BCUT2D eigenvalue weighted by Crippen LogP contribution is 2.31.